The molecule has 4 heteroatoms. The van der Waals surface area contributed by atoms with Crippen molar-refractivity contribution in [1.29, 1.82) is 0 Å². The molecule has 4 atom stereocenters. The van der Waals surface area contributed by atoms with Crippen LogP contribution in [0.3, 0.4) is 0 Å². The lowest BCUT2D eigenvalue weighted by atomic mass is 10.0. The summed E-state index contributed by atoms with van der Waals surface area (Å²) < 4.78 is 19.5. The van der Waals surface area contributed by atoms with E-state index in [4.69, 9.17) is 4.74 Å². The number of carbonyl (C=O) groups is 1. The van der Waals surface area contributed by atoms with E-state index in [1.807, 2.05) is 0 Å². The molecule has 0 aromatic heterocycles. The van der Waals surface area contributed by atoms with Crippen LogP contribution in [-0.2, 0) is 9.53 Å². The number of benzene rings is 1. The molecule has 1 unspecified atom stereocenters. The van der Waals surface area contributed by atoms with Crippen LogP contribution < -0.4 is 0 Å². The van der Waals surface area contributed by atoms with E-state index in [-0.39, 0.29) is 6.10 Å². The monoisotopic (exact) mass is 277 g/mol. The standard InChI is InChI=1S/C16H20FNO2/c1-18-12-7-8-13(18)10-14(9-12)20-16(19)15(17)11-5-3-2-4-6-11/h2-6,12-15H,7-10H2,1H3/t12-,13+,14+,15?. The van der Waals surface area contributed by atoms with E-state index in [2.05, 4.69) is 11.9 Å². The normalized spacial score (nSPS) is 31.0. The minimum absolute atomic E-state index is 0.127. The average Bonchev–Trinajstić information content (AvgIpc) is 2.69. The highest BCUT2D eigenvalue weighted by molar-refractivity contribution is 5.76. The first kappa shape index (κ1) is 13.6. The minimum atomic E-state index is -1.67. The first-order valence-electron chi connectivity index (χ1n) is 7.26. The van der Waals surface area contributed by atoms with Gasteiger partial charge in [0.15, 0.2) is 0 Å². The Hall–Kier alpha value is -1.42. The maximum atomic E-state index is 14.1. The van der Waals surface area contributed by atoms with Crippen molar-refractivity contribution in [2.24, 2.45) is 0 Å². The lowest BCUT2D eigenvalue weighted by molar-refractivity contribution is -0.158. The van der Waals surface area contributed by atoms with Gasteiger partial charge in [-0.05, 0) is 38.3 Å². The van der Waals surface area contributed by atoms with Gasteiger partial charge in [0.25, 0.3) is 0 Å². The molecule has 2 fully saturated rings. The predicted molar refractivity (Wildman–Crippen MR) is 74.0 cm³/mol. The molecule has 0 amide bonds. The first-order chi connectivity index (χ1) is 9.65. The second-order valence-corrected chi connectivity index (χ2v) is 5.85. The molecule has 0 N–H and O–H groups in total. The van der Waals surface area contributed by atoms with Gasteiger partial charge in [-0.2, -0.15) is 0 Å². The zero-order chi connectivity index (χ0) is 14.1. The summed E-state index contributed by atoms with van der Waals surface area (Å²) in [5.74, 6) is -0.745. The number of fused-ring (bicyclic) bond motifs is 2. The largest absolute Gasteiger partial charge is 0.460 e. The Labute approximate surface area is 118 Å². The van der Waals surface area contributed by atoms with Gasteiger partial charge >= 0.3 is 5.97 Å². The molecule has 0 spiro atoms. The number of carbonyl (C=O) groups excluding carboxylic acids is 1. The van der Waals surface area contributed by atoms with Crippen LogP contribution in [0.2, 0.25) is 0 Å². The van der Waals surface area contributed by atoms with Gasteiger partial charge in [0, 0.05) is 12.1 Å². The third kappa shape index (κ3) is 2.57. The van der Waals surface area contributed by atoms with E-state index in [1.54, 1.807) is 30.3 Å². The molecule has 2 bridgehead atoms. The molecule has 0 saturated carbocycles. The highest BCUT2D eigenvalue weighted by Crippen LogP contribution is 2.36. The maximum absolute atomic E-state index is 14.1. The quantitative estimate of drug-likeness (QED) is 0.796. The number of hydrogen-bond donors (Lipinski definition) is 0. The van der Waals surface area contributed by atoms with Gasteiger partial charge in [-0.1, -0.05) is 30.3 Å². The summed E-state index contributed by atoms with van der Waals surface area (Å²) in [6.07, 6.45) is 2.19. The molecule has 0 radical (unpaired) electrons. The number of nitrogens with zero attached hydrogens (tertiary/aromatic N) is 1. The molecule has 2 aliphatic rings. The first-order valence-corrected chi connectivity index (χ1v) is 7.26. The Balaban J connectivity index is 1.60. The molecule has 0 aliphatic carbocycles. The van der Waals surface area contributed by atoms with Crippen LogP contribution in [0.25, 0.3) is 0 Å². The smallest absolute Gasteiger partial charge is 0.345 e. The number of halogens is 1. The molecule has 3 rings (SSSR count). The molecule has 2 saturated heterocycles. The van der Waals surface area contributed by atoms with Crippen LogP contribution in [-0.4, -0.2) is 36.1 Å². The second-order valence-electron chi connectivity index (χ2n) is 5.85. The summed E-state index contributed by atoms with van der Waals surface area (Å²) in [6.45, 7) is 0. The molecule has 3 nitrogen and oxygen atoms in total. The van der Waals surface area contributed by atoms with Gasteiger partial charge in [-0.3, -0.25) is 0 Å². The van der Waals surface area contributed by atoms with Crippen LogP contribution in [0.1, 0.15) is 37.4 Å². The molecule has 2 heterocycles. The third-order valence-electron chi connectivity index (χ3n) is 4.64. The van der Waals surface area contributed by atoms with E-state index in [9.17, 15) is 9.18 Å². The van der Waals surface area contributed by atoms with E-state index >= 15 is 0 Å². The van der Waals surface area contributed by atoms with Crippen molar-refractivity contribution in [3.63, 3.8) is 0 Å². The fourth-order valence-corrected chi connectivity index (χ4v) is 3.44. The Morgan fingerprint density at radius 3 is 2.45 bits per heavy atom. The fourth-order valence-electron chi connectivity index (χ4n) is 3.44. The van der Waals surface area contributed by atoms with Gasteiger partial charge in [-0.25, -0.2) is 9.18 Å². The van der Waals surface area contributed by atoms with E-state index in [1.165, 1.54) is 0 Å². The predicted octanol–water partition coefficient (Wildman–Crippen LogP) is 2.87. The van der Waals surface area contributed by atoms with Gasteiger partial charge in [0.05, 0.1) is 0 Å². The molecule has 2 aliphatic heterocycles. The lowest BCUT2D eigenvalue weighted by Gasteiger charge is -2.35. The number of rotatable bonds is 3. The van der Waals surface area contributed by atoms with Gasteiger partial charge in [0.2, 0.25) is 6.17 Å². The Bertz CT molecular complexity index is 465. The SMILES string of the molecule is CN1[C@@H]2CC[C@H]1C[C@@H](OC(=O)C(F)c1ccccc1)C2. The molecule has 20 heavy (non-hydrogen) atoms. The minimum Gasteiger partial charge on any atom is -0.460 e. The van der Waals surface area contributed by atoms with Gasteiger partial charge in [-0.15, -0.1) is 0 Å². The van der Waals surface area contributed by atoms with Crippen LogP contribution in [0.4, 0.5) is 4.39 Å². The van der Waals surface area contributed by atoms with Gasteiger partial charge < -0.3 is 9.64 Å². The summed E-state index contributed by atoms with van der Waals surface area (Å²) in [5, 5.41) is 0. The van der Waals surface area contributed by atoms with Crippen molar-refractivity contribution < 1.29 is 13.9 Å². The number of hydrogen-bond acceptors (Lipinski definition) is 3. The molecular weight excluding hydrogens is 257 g/mol. The molecule has 1 aromatic rings. The van der Waals surface area contributed by atoms with Crippen LogP contribution in [0.5, 0.6) is 0 Å². The average molecular weight is 277 g/mol. The van der Waals surface area contributed by atoms with Crippen molar-refractivity contribution in [1.82, 2.24) is 4.90 Å². The highest BCUT2D eigenvalue weighted by Gasteiger charge is 2.40. The Morgan fingerprint density at radius 2 is 1.85 bits per heavy atom. The Kier molecular flexibility index (Phi) is 3.74. The number of alkyl halides is 1. The van der Waals surface area contributed by atoms with E-state index in [0.717, 1.165) is 25.7 Å². The molecule has 1 aromatic carbocycles. The summed E-state index contributed by atoms with van der Waals surface area (Å²) in [6, 6.07) is 9.46. The van der Waals surface area contributed by atoms with Crippen molar-refractivity contribution in [2.45, 2.75) is 50.0 Å². The summed E-state index contributed by atoms with van der Waals surface area (Å²) in [7, 11) is 2.13. The van der Waals surface area contributed by atoms with E-state index in [0.29, 0.717) is 17.6 Å². The number of piperidine rings is 1. The van der Waals surface area contributed by atoms with E-state index < -0.39 is 12.1 Å². The van der Waals surface area contributed by atoms with Gasteiger partial charge in [0.1, 0.15) is 6.10 Å². The zero-order valence-electron chi connectivity index (χ0n) is 11.7. The third-order valence-corrected chi connectivity index (χ3v) is 4.64. The van der Waals surface area contributed by atoms with Crippen LogP contribution in [0.15, 0.2) is 30.3 Å². The number of esters is 1. The Morgan fingerprint density at radius 1 is 1.25 bits per heavy atom. The van der Waals surface area contributed by atoms with Crippen LogP contribution in [0, 0.1) is 0 Å². The topological polar surface area (TPSA) is 29.5 Å². The summed E-state index contributed by atoms with van der Waals surface area (Å²) >= 11 is 0. The summed E-state index contributed by atoms with van der Waals surface area (Å²) in [4.78, 5) is 14.3. The van der Waals surface area contributed by atoms with Crippen molar-refractivity contribution in [2.75, 3.05) is 7.05 Å². The van der Waals surface area contributed by atoms with Crippen molar-refractivity contribution in [3.8, 4) is 0 Å². The maximum Gasteiger partial charge on any atom is 0.345 e. The molecule has 108 valence electrons. The number of ether oxygens (including phenoxy) is 1. The lowest BCUT2D eigenvalue weighted by Crippen LogP contribution is -2.43. The summed E-state index contributed by atoms with van der Waals surface area (Å²) in [5.41, 5.74) is 0.369. The highest BCUT2D eigenvalue weighted by atomic mass is 19.1. The second kappa shape index (κ2) is 5.52. The van der Waals surface area contributed by atoms with Crippen LogP contribution >= 0.6 is 0 Å². The fraction of sp³-hybridized carbons (Fsp3) is 0.562. The molecular formula is C16H20FNO2. The zero-order valence-corrected chi connectivity index (χ0v) is 11.7. The van der Waals surface area contributed by atoms with Crippen molar-refractivity contribution in [3.05, 3.63) is 35.9 Å². The van der Waals surface area contributed by atoms with Crippen molar-refractivity contribution >= 4 is 5.97 Å².